The van der Waals surface area contributed by atoms with E-state index in [4.69, 9.17) is 11.6 Å². The van der Waals surface area contributed by atoms with Gasteiger partial charge in [-0.05, 0) is 61.2 Å². The van der Waals surface area contributed by atoms with E-state index in [1.54, 1.807) is 37.3 Å². The SMILES string of the molecule is Cc1ccc(NS(=O)(=O)c2cc3c(cc2C)NC(=O)CC3)cc1Cl. The third-order valence-electron chi connectivity index (χ3n) is 4.01. The second-order valence-corrected chi connectivity index (χ2v) is 7.95. The molecule has 2 aromatic rings. The van der Waals surface area contributed by atoms with Crippen LogP contribution in [0.2, 0.25) is 5.02 Å². The molecule has 0 radical (unpaired) electrons. The van der Waals surface area contributed by atoms with E-state index in [-0.39, 0.29) is 10.8 Å². The van der Waals surface area contributed by atoms with Crippen molar-refractivity contribution in [1.82, 2.24) is 0 Å². The third kappa shape index (κ3) is 3.25. The Morgan fingerprint density at radius 3 is 2.54 bits per heavy atom. The van der Waals surface area contributed by atoms with Gasteiger partial charge in [0.15, 0.2) is 0 Å². The number of nitrogens with one attached hydrogen (secondary N) is 2. The summed E-state index contributed by atoms with van der Waals surface area (Å²) < 4.78 is 28.0. The normalized spacial score (nSPS) is 14.0. The molecular formula is C17H17ClN2O3S. The van der Waals surface area contributed by atoms with Crippen molar-refractivity contribution in [2.75, 3.05) is 10.0 Å². The van der Waals surface area contributed by atoms with Crippen LogP contribution in [0, 0.1) is 13.8 Å². The molecule has 0 bridgehead atoms. The lowest BCUT2D eigenvalue weighted by Gasteiger charge is -2.19. The Morgan fingerprint density at radius 2 is 1.83 bits per heavy atom. The summed E-state index contributed by atoms with van der Waals surface area (Å²) in [5.74, 6) is -0.0510. The highest BCUT2D eigenvalue weighted by atomic mass is 35.5. The van der Waals surface area contributed by atoms with E-state index in [1.807, 2.05) is 6.92 Å². The maximum atomic E-state index is 12.7. The Hall–Kier alpha value is -2.05. The smallest absolute Gasteiger partial charge is 0.262 e. The number of fused-ring (bicyclic) bond motifs is 1. The van der Waals surface area contributed by atoms with Crippen molar-refractivity contribution in [3.8, 4) is 0 Å². The summed E-state index contributed by atoms with van der Waals surface area (Å²) in [6, 6.07) is 8.34. The van der Waals surface area contributed by atoms with Crippen molar-refractivity contribution in [3.05, 3.63) is 52.0 Å². The van der Waals surface area contributed by atoms with Crippen molar-refractivity contribution in [2.45, 2.75) is 31.6 Å². The summed E-state index contributed by atoms with van der Waals surface area (Å²) in [4.78, 5) is 11.7. The number of rotatable bonds is 3. The predicted molar refractivity (Wildman–Crippen MR) is 95.1 cm³/mol. The molecule has 1 heterocycles. The maximum Gasteiger partial charge on any atom is 0.262 e. The lowest BCUT2D eigenvalue weighted by molar-refractivity contribution is -0.116. The van der Waals surface area contributed by atoms with Crippen molar-refractivity contribution >= 4 is 38.9 Å². The molecule has 0 unspecified atom stereocenters. The lowest BCUT2D eigenvalue weighted by Crippen LogP contribution is -2.21. The van der Waals surface area contributed by atoms with Crippen LogP contribution in [0.25, 0.3) is 0 Å². The fraction of sp³-hybridized carbons (Fsp3) is 0.235. The Morgan fingerprint density at radius 1 is 1.08 bits per heavy atom. The molecule has 0 saturated carbocycles. The number of aryl methyl sites for hydroxylation is 3. The first-order chi connectivity index (χ1) is 11.3. The van der Waals surface area contributed by atoms with E-state index < -0.39 is 10.0 Å². The third-order valence-corrected chi connectivity index (χ3v) is 5.94. The van der Waals surface area contributed by atoms with Crippen LogP contribution in [0.3, 0.4) is 0 Å². The van der Waals surface area contributed by atoms with E-state index in [0.717, 1.165) is 11.1 Å². The van der Waals surface area contributed by atoms with Gasteiger partial charge in [-0.1, -0.05) is 17.7 Å². The van der Waals surface area contributed by atoms with Crippen LogP contribution in [0.4, 0.5) is 11.4 Å². The maximum absolute atomic E-state index is 12.7. The Bertz CT molecular complexity index is 939. The van der Waals surface area contributed by atoms with Crippen LogP contribution in [0.15, 0.2) is 35.2 Å². The topological polar surface area (TPSA) is 75.3 Å². The molecule has 2 N–H and O–H groups in total. The molecular weight excluding hydrogens is 348 g/mol. The lowest BCUT2D eigenvalue weighted by atomic mass is 10.0. The minimum Gasteiger partial charge on any atom is -0.326 e. The average Bonchev–Trinajstić information content (AvgIpc) is 2.49. The number of halogens is 1. The predicted octanol–water partition coefficient (Wildman–Crippen LogP) is 3.64. The van der Waals surface area contributed by atoms with Gasteiger partial charge in [0.1, 0.15) is 0 Å². The molecule has 0 saturated heterocycles. The average molecular weight is 365 g/mol. The summed E-state index contributed by atoms with van der Waals surface area (Å²) in [6.07, 6.45) is 0.886. The first kappa shape index (κ1) is 16.8. The van der Waals surface area contributed by atoms with Crippen LogP contribution in [0.1, 0.15) is 23.1 Å². The number of carbonyl (C=O) groups excluding carboxylic acids is 1. The van der Waals surface area contributed by atoms with Crippen LogP contribution in [-0.4, -0.2) is 14.3 Å². The fourth-order valence-corrected chi connectivity index (χ4v) is 4.18. The molecule has 1 aliphatic heterocycles. The summed E-state index contributed by atoms with van der Waals surface area (Å²) in [5, 5.41) is 3.27. The van der Waals surface area contributed by atoms with Gasteiger partial charge >= 0.3 is 0 Å². The fourth-order valence-electron chi connectivity index (χ4n) is 2.67. The minimum absolute atomic E-state index is 0.0510. The van der Waals surface area contributed by atoms with Crippen LogP contribution >= 0.6 is 11.6 Å². The van der Waals surface area contributed by atoms with Gasteiger partial charge in [-0.2, -0.15) is 0 Å². The molecule has 5 nitrogen and oxygen atoms in total. The number of anilines is 2. The molecule has 0 aliphatic carbocycles. The molecule has 2 aromatic carbocycles. The first-order valence-corrected chi connectivity index (χ1v) is 9.35. The number of amides is 1. The van der Waals surface area contributed by atoms with Crippen molar-refractivity contribution in [2.24, 2.45) is 0 Å². The van der Waals surface area contributed by atoms with Crippen molar-refractivity contribution < 1.29 is 13.2 Å². The number of carbonyl (C=O) groups is 1. The van der Waals surface area contributed by atoms with Crippen molar-refractivity contribution in [3.63, 3.8) is 0 Å². The van der Waals surface area contributed by atoms with Crippen molar-refractivity contribution in [1.29, 1.82) is 0 Å². The highest BCUT2D eigenvalue weighted by Crippen LogP contribution is 2.30. The summed E-state index contributed by atoms with van der Waals surface area (Å²) in [6.45, 7) is 3.56. The van der Waals surface area contributed by atoms with Crippen LogP contribution < -0.4 is 10.0 Å². The Kier molecular flexibility index (Phi) is 4.27. The van der Waals surface area contributed by atoms with E-state index in [0.29, 0.717) is 34.8 Å². The van der Waals surface area contributed by atoms with Gasteiger partial charge in [-0.15, -0.1) is 0 Å². The standard InChI is InChI=1S/C17H17ClN2O3S/c1-10-3-5-13(9-14(10)18)20-24(22,23)16-8-12-4-6-17(21)19-15(12)7-11(16)2/h3,5,7-9,20H,4,6H2,1-2H3,(H,19,21). The van der Waals surface area contributed by atoms with Gasteiger partial charge in [0.25, 0.3) is 10.0 Å². The van der Waals surface area contributed by atoms with E-state index in [1.165, 1.54) is 0 Å². The summed E-state index contributed by atoms with van der Waals surface area (Å²) in [7, 11) is -3.74. The molecule has 126 valence electrons. The molecule has 0 fully saturated rings. The van der Waals surface area contributed by atoms with Crippen LogP contribution in [0.5, 0.6) is 0 Å². The number of sulfonamides is 1. The molecule has 1 aliphatic rings. The molecule has 0 spiro atoms. The first-order valence-electron chi connectivity index (χ1n) is 7.48. The van der Waals surface area contributed by atoms with Gasteiger partial charge in [0.05, 0.1) is 10.6 Å². The monoisotopic (exact) mass is 364 g/mol. The zero-order chi connectivity index (χ0) is 17.5. The van der Waals surface area contributed by atoms with Crippen LogP contribution in [-0.2, 0) is 21.2 Å². The Labute approximate surface area is 146 Å². The highest BCUT2D eigenvalue weighted by molar-refractivity contribution is 7.92. The molecule has 7 heteroatoms. The highest BCUT2D eigenvalue weighted by Gasteiger charge is 2.22. The molecule has 0 atom stereocenters. The summed E-state index contributed by atoms with van der Waals surface area (Å²) in [5.41, 5.74) is 3.36. The van der Waals surface area contributed by atoms with E-state index in [2.05, 4.69) is 10.0 Å². The second-order valence-electron chi connectivity index (χ2n) is 5.89. The number of hydrogen-bond acceptors (Lipinski definition) is 3. The zero-order valence-corrected chi connectivity index (χ0v) is 14.9. The minimum atomic E-state index is -3.74. The van der Waals surface area contributed by atoms with Gasteiger partial charge in [0, 0.05) is 17.1 Å². The van der Waals surface area contributed by atoms with E-state index >= 15 is 0 Å². The Balaban J connectivity index is 1.97. The van der Waals surface area contributed by atoms with Gasteiger partial charge in [-0.3, -0.25) is 9.52 Å². The zero-order valence-electron chi connectivity index (χ0n) is 13.3. The van der Waals surface area contributed by atoms with E-state index in [9.17, 15) is 13.2 Å². The van der Waals surface area contributed by atoms with Gasteiger partial charge in [-0.25, -0.2) is 8.42 Å². The second kappa shape index (κ2) is 6.11. The quantitative estimate of drug-likeness (QED) is 0.873. The molecule has 1 amide bonds. The number of benzene rings is 2. The van der Waals surface area contributed by atoms with Gasteiger partial charge < -0.3 is 5.32 Å². The van der Waals surface area contributed by atoms with Gasteiger partial charge in [0.2, 0.25) is 5.91 Å². The summed E-state index contributed by atoms with van der Waals surface area (Å²) >= 11 is 6.05. The molecule has 3 rings (SSSR count). The molecule has 24 heavy (non-hydrogen) atoms. The number of hydrogen-bond donors (Lipinski definition) is 2. The largest absolute Gasteiger partial charge is 0.326 e. The molecule has 0 aromatic heterocycles.